The minimum atomic E-state index is -2.25. The minimum Gasteiger partial charge on any atom is -0.476 e. The third-order valence-corrected chi connectivity index (χ3v) is 6.12. The molecule has 1 saturated heterocycles. The first-order valence-corrected chi connectivity index (χ1v) is 11.0. The molecule has 0 spiro atoms. The molecule has 4 N–H and O–H groups in total. The van der Waals surface area contributed by atoms with Crippen LogP contribution in [0, 0.1) is 0 Å². The lowest BCUT2D eigenvalue weighted by Crippen LogP contribution is -2.68. The van der Waals surface area contributed by atoms with Gasteiger partial charge < -0.3 is 39.6 Å². The van der Waals surface area contributed by atoms with E-state index in [0.717, 1.165) is 10.0 Å². The van der Waals surface area contributed by atoms with Gasteiger partial charge in [0.05, 0.1) is 37.3 Å². The molecule has 1 aromatic rings. The Morgan fingerprint density at radius 3 is 2.70 bits per heavy atom. The number of rotatable bonds is 8. The van der Waals surface area contributed by atoms with E-state index in [-0.39, 0.29) is 18.7 Å². The Hall–Kier alpha value is -2.09. The molecular weight excluding hydrogens is 504 g/mol. The first-order chi connectivity index (χ1) is 15.6. The summed E-state index contributed by atoms with van der Waals surface area (Å²) in [5, 5.41) is 32.6. The van der Waals surface area contributed by atoms with Crippen molar-refractivity contribution in [1.29, 1.82) is 0 Å². The lowest BCUT2D eigenvalue weighted by atomic mass is 9.88. The number of carbonyl (C=O) groups is 2. The molecule has 1 aromatic carbocycles. The number of benzene rings is 1. The number of nitrogens with zero attached hydrogens (tertiary/aromatic N) is 1. The molecule has 3 rings (SSSR count). The molecule has 12 heteroatoms. The van der Waals surface area contributed by atoms with E-state index in [2.05, 4.69) is 26.2 Å². The molecule has 2 heterocycles. The zero-order valence-corrected chi connectivity index (χ0v) is 19.9. The third-order valence-electron chi connectivity index (χ3n) is 5.62. The van der Waals surface area contributed by atoms with E-state index >= 15 is 0 Å². The molecule has 11 nitrogen and oxygen atoms in total. The van der Waals surface area contributed by atoms with E-state index in [9.17, 15) is 24.9 Å². The molecule has 2 aliphatic rings. The van der Waals surface area contributed by atoms with Crippen molar-refractivity contribution in [2.75, 3.05) is 20.8 Å². The number of amides is 1. The number of carbonyl (C=O) groups excluding carboxylic acids is 1. The van der Waals surface area contributed by atoms with Crippen molar-refractivity contribution in [3.8, 4) is 0 Å². The minimum absolute atomic E-state index is 0.133. The molecule has 6 atom stereocenters. The average molecular weight is 531 g/mol. The standard InChI is InChI=1S/C21H27BrN2O9/c1-10(26)23-17-15(30-2)8-21(20(28)29,33-19(17)18(31-3)14(27)9-25)32-16-7-11-6-12(22)4-5-13(11)24-16/h4-6,14-15,17-19,25,27H,7-9H2,1-3H3,(H,23,26)(H,28,29)/t14-,15-,17+,18-,19?,21+/m0/s1. The molecular formula is C21H27BrN2O9. The molecule has 2 aliphatic heterocycles. The van der Waals surface area contributed by atoms with Crippen molar-refractivity contribution in [2.45, 2.75) is 56.0 Å². The van der Waals surface area contributed by atoms with Crippen LogP contribution in [0.15, 0.2) is 27.7 Å². The number of hydrogen-bond acceptors (Lipinski definition) is 9. The molecule has 0 radical (unpaired) electrons. The molecule has 1 unspecified atom stereocenters. The van der Waals surface area contributed by atoms with E-state index in [0.29, 0.717) is 5.69 Å². The fourth-order valence-electron chi connectivity index (χ4n) is 4.11. The second-order valence-electron chi connectivity index (χ2n) is 7.85. The van der Waals surface area contributed by atoms with Crippen molar-refractivity contribution in [3.63, 3.8) is 0 Å². The highest BCUT2D eigenvalue weighted by molar-refractivity contribution is 9.10. The first kappa shape index (κ1) is 25.5. The SMILES string of the molecule is CO[C@H]1C[C@](OC2=Nc3ccc(Br)cc3C2)(C(=O)O)OC([C@@H](OC)[C@@H](O)CO)[C@@H]1NC(C)=O. The van der Waals surface area contributed by atoms with Crippen LogP contribution in [0.3, 0.4) is 0 Å². The number of aliphatic hydroxyl groups is 2. The van der Waals surface area contributed by atoms with Crippen molar-refractivity contribution in [3.05, 3.63) is 28.2 Å². The second-order valence-corrected chi connectivity index (χ2v) is 8.77. The molecule has 1 fully saturated rings. The van der Waals surface area contributed by atoms with Gasteiger partial charge in [-0.25, -0.2) is 9.79 Å². The fraction of sp³-hybridized carbons (Fsp3) is 0.571. The van der Waals surface area contributed by atoms with Gasteiger partial charge in [-0.3, -0.25) is 4.79 Å². The fourth-order valence-corrected chi connectivity index (χ4v) is 4.52. The topological polar surface area (TPSA) is 156 Å². The normalized spacial score (nSPS) is 28.4. The van der Waals surface area contributed by atoms with Crippen molar-refractivity contribution >= 4 is 39.4 Å². The smallest absolute Gasteiger partial charge is 0.377 e. The number of aliphatic carboxylic acids is 1. The summed E-state index contributed by atoms with van der Waals surface area (Å²) in [6, 6.07) is 4.55. The van der Waals surface area contributed by atoms with Crippen LogP contribution >= 0.6 is 15.9 Å². The number of halogens is 1. The third kappa shape index (κ3) is 5.36. The van der Waals surface area contributed by atoms with Crippen LogP contribution in [0.5, 0.6) is 0 Å². The molecule has 0 aromatic heterocycles. The lowest BCUT2D eigenvalue weighted by molar-refractivity contribution is -0.293. The Morgan fingerprint density at radius 2 is 2.12 bits per heavy atom. The number of carboxylic acid groups (broad SMARTS) is 1. The lowest BCUT2D eigenvalue weighted by Gasteiger charge is -2.48. The molecule has 33 heavy (non-hydrogen) atoms. The van der Waals surface area contributed by atoms with Gasteiger partial charge in [-0.2, -0.15) is 0 Å². The maximum absolute atomic E-state index is 12.5. The predicted octanol–water partition coefficient (Wildman–Crippen LogP) is 0.510. The zero-order chi connectivity index (χ0) is 24.3. The zero-order valence-electron chi connectivity index (χ0n) is 18.4. The summed E-state index contributed by atoms with van der Waals surface area (Å²) in [5.41, 5.74) is 1.49. The highest BCUT2D eigenvalue weighted by Gasteiger charge is 2.58. The number of ether oxygens (including phenoxy) is 4. The number of aliphatic imine (C=N–C) groups is 1. The van der Waals surface area contributed by atoms with Crippen LogP contribution in [-0.4, -0.2) is 90.2 Å². The maximum atomic E-state index is 12.5. The highest BCUT2D eigenvalue weighted by atomic mass is 79.9. The average Bonchev–Trinajstić information content (AvgIpc) is 3.15. The van der Waals surface area contributed by atoms with Crippen LogP contribution in [0.25, 0.3) is 0 Å². The summed E-state index contributed by atoms with van der Waals surface area (Å²) in [4.78, 5) is 28.7. The Balaban J connectivity index is 1.97. The van der Waals surface area contributed by atoms with E-state index < -0.39 is 54.7 Å². The van der Waals surface area contributed by atoms with Gasteiger partial charge in [0, 0.05) is 25.6 Å². The van der Waals surface area contributed by atoms with E-state index in [1.165, 1.54) is 21.1 Å². The molecule has 0 aliphatic carbocycles. The Morgan fingerprint density at radius 1 is 1.39 bits per heavy atom. The summed E-state index contributed by atoms with van der Waals surface area (Å²) >= 11 is 3.39. The summed E-state index contributed by atoms with van der Waals surface area (Å²) in [6.07, 6.45) is -4.79. The van der Waals surface area contributed by atoms with Crippen LogP contribution < -0.4 is 5.32 Å². The number of carboxylic acids is 1. The second kappa shape index (κ2) is 10.5. The number of aliphatic hydroxyl groups excluding tert-OH is 2. The Labute approximate surface area is 198 Å². The van der Waals surface area contributed by atoms with Crippen molar-refractivity contribution < 1.29 is 43.9 Å². The summed E-state index contributed by atoms with van der Waals surface area (Å²) in [6.45, 7) is 0.604. The van der Waals surface area contributed by atoms with Gasteiger partial charge in [0.1, 0.15) is 18.3 Å². The number of hydrogen-bond donors (Lipinski definition) is 4. The predicted molar refractivity (Wildman–Crippen MR) is 118 cm³/mol. The number of methoxy groups -OCH3 is 2. The van der Waals surface area contributed by atoms with Crippen LogP contribution in [0.2, 0.25) is 0 Å². The van der Waals surface area contributed by atoms with Gasteiger partial charge in [-0.1, -0.05) is 15.9 Å². The van der Waals surface area contributed by atoms with Crippen LogP contribution in [0.4, 0.5) is 5.69 Å². The first-order valence-electron chi connectivity index (χ1n) is 10.2. The Bertz CT molecular complexity index is 927. The van der Waals surface area contributed by atoms with Gasteiger partial charge in [-0.05, 0) is 23.8 Å². The molecule has 1 amide bonds. The van der Waals surface area contributed by atoms with Gasteiger partial charge in [0.25, 0.3) is 0 Å². The van der Waals surface area contributed by atoms with Gasteiger partial charge in [0.15, 0.2) is 5.90 Å². The number of nitrogens with one attached hydrogen (secondary N) is 1. The van der Waals surface area contributed by atoms with Crippen LogP contribution in [0.1, 0.15) is 18.9 Å². The quantitative estimate of drug-likeness (QED) is 0.375. The maximum Gasteiger partial charge on any atom is 0.377 e. The monoisotopic (exact) mass is 530 g/mol. The molecule has 0 saturated carbocycles. The number of fused-ring (bicyclic) bond motifs is 1. The van der Waals surface area contributed by atoms with E-state index in [4.69, 9.17) is 18.9 Å². The summed E-state index contributed by atoms with van der Waals surface area (Å²) in [5.74, 6) is -3.98. The highest BCUT2D eigenvalue weighted by Crippen LogP contribution is 2.38. The molecule has 182 valence electrons. The van der Waals surface area contributed by atoms with Gasteiger partial charge in [0.2, 0.25) is 5.91 Å². The van der Waals surface area contributed by atoms with Crippen molar-refractivity contribution in [2.24, 2.45) is 4.99 Å². The van der Waals surface area contributed by atoms with E-state index in [1.54, 1.807) is 6.07 Å². The van der Waals surface area contributed by atoms with Crippen LogP contribution in [-0.2, 0) is 35.0 Å². The van der Waals surface area contributed by atoms with Gasteiger partial charge >= 0.3 is 11.8 Å². The Kier molecular flexibility index (Phi) is 8.08. The summed E-state index contributed by atoms with van der Waals surface area (Å²) < 4.78 is 23.5. The summed E-state index contributed by atoms with van der Waals surface area (Å²) in [7, 11) is 2.63. The van der Waals surface area contributed by atoms with E-state index in [1.807, 2.05) is 12.1 Å². The molecule has 0 bridgehead atoms. The van der Waals surface area contributed by atoms with Gasteiger partial charge in [-0.15, -0.1) is 0 Å². The van der Waals surface area contributed by atoms with Crippen molar-refractivity contribution in [1.82, 2.24) is 5.32 Å². The largest absolute Gasteiger partial charge is 0.476 e.